The number of nitrogens with zero attached hydrogens (tertiary/aromatic N) is 1. The minimum atomic E-state index is -0.159. The maximum Gasteiger partial charge on any atom is 0.253 e. The average Bonchev–Trinajstić information content (AvgIpc) is 3.39. The lowest BCUT2D eigenvalue weighted by molar-refractivity contribution is 0.0739. The fourth-order valence-corrected chi connectivity index (χ4v) is 2.52. The molecule has 0 radical (unpaired) electrons. The second-order valence-corrected chi connectivity index (χ2v) is 6.14. The molecule has 0 bridgehead atoms. The van der Waals surface area contributed by atoms with E-state index in [4.69, 9.17) is 5.11 Å². The van der Waals surface area contributed by atoms with Crippen LogP contribution in [0.5, 0.6) is 0 Å². The molecule has 21 heavy (non-hydrogen) atoms. The van der Waals surface area contributed by atoms with Crippen LogP contribution in [0.1, 0.15) is 41.6 Å². The molecule has 2 aliphatic rings. The van der Waals surface area contributed by atoms with E-state index < -0.39 is 0 Å². The van der Waals surface area contributed by atoms with E-state index in [0.29, 0.717) is 17.4 Å². The monoisotopic (exact) mass is 283 g/mol. The molecular formula is C18H21NO2. The van der Waals surface area contributed by atoms with E-state index in [-0.39, 0.29) is 12.5 Å². The number of rotatable bonds is 5. The molecule has 3 rings (SSSR count). The molecule has 1 N–H and O–H groups in total. The van der Waals surface area contributed by atoms with Gasteiger partial charge in [0.15, 0.2) is 0 Å². The lowest BCUT2D eigenvalue weighted by atomic mass is 10.1. The molecule has 1 aromatic rings. The van der Waals surface area contributed by atoms with Gasteiger partial charge in [0.25, 0.3) is 5.91 Å². The van der Waals surface area contributed by atoms with E-state index in [2.05, 4.69) is 11.8 Å². The van der Waals surface area contributed by atoms with E-state index in [0.717, 1.165) is 18.7 Å². The van der Waals surface area contributed by atoms with Gasteiger partial charge in [0, 0.05) is 24.2 Å². The van der Waals surface area contributed by atoms with Crippen LogP contribution in [0.2, 0.25) is 0 Å². The maximum atomic E-state index is 12.7. The Labute approximate surface area is 126 Å². The molecule has 0 unspecified atom stereocenters. The maximum absolute atomic E-state index is 12.7. The Morgan fingerprint density at radius 3 is 2.43 bits per heavy atom. The highest BCUT2D eigenvalue weighted by Crippen LogP contribution is 2.34. The third-order valence-corrected chi connectivity index (χ3v) is 4.06. The third kappa shape index (κ3) is 4.09. The van der Waals surface area contributed by atoms with Crippen molar-refractivity contribution in [2.45, 2.75) is 25.7 Å². The quantitative estimate of drug-likeness (QED) is 0.842. The first kappa shape index (κ1) is 14.2. The standard InChI is InChI=1S/C18H21NO2/c20-10-2-4-14-3-1-5-17(11-14)18(21)19(12-15-6-7-15)13-16-8-9-16/h1,3,5,11,15-16,20H,6-10,12-13H2. The molecule has 0 saturated heterocycles. The van der Waals surface area contributed by atoms with Gasteiger partial charge in [-0.25, -0.2) is 0 Å². The third-order valence-electron chi connectivity index (χ3n) is 4.06. The summed E-state index contributed by atoms with van der Waals surface area (Å²) < 4.78 is 0. The van der Waals surface area contributed by atoms with Crippen LogP contribution in [-0.4, -0.2) is 35.6 Å². The van der Waals surface area contributed by atoms with Crippen molar-refractivity contribution >= 4 is 5.91 Å². The predicted octanol–water partition coefficient (Wildman–Crippen LogP) is 2.29. The van der Waals surface area contributed by atoms with Gasteiger partial charge >= 0.3 is 0 Å². The van der Waals surface area contributed by atoms with Gasteiger partial charge in [-0.1, -0.05) is 17.9 Å². The molecule has 110 valence electrons. The number of carbonyl (C=O) groups is 1. The number of carbonyl (C=O) groups excluding carboxylic acids is 1. The first-order valence-electron chi connectivity index (χ1n) is 7.75. The van der Waals surface area contributed by atoms with Crippen molar-refractivity contribution in [3.63, 3.8) is 0 Å². The van der Waals surface area contributed by atoms with E-state index >= 15 is 0 Å². The summed E-state index contributed by atoms with van der Waals surface area (Å²) in [6.07, 6.45) is 5.04. The number of aliphatic hydroxyl groups is 1. The molecule has 0 aromatic heterocycles. The van der Waals surface area contributed by atoms with Crippen LogP contribution >= 0.6 is 0 Å². The van der Waals surface area contributed by atoms with Crippen LogP contribution in [0.15, 0.2) is 24.3 Å². The van der Waals surface area contributed by atoms with Crippen molar-refractivity contribution in [1.29, 1.82) is 0 Å². The van der Waals surface area contributed by atoms with Gasteiger partial charge in [-0.05, 0) is 55.7 Å². The molecule has 1 aromatic carbocycles. The van der Waals surface area contributed by atoms with Crippen molar-refractivity contribution < 1.29 is 9.90 Å². The normalized spacial score (nSPS) is 17.0. The molecule has 2 aliphatic carbocycles. The topological polar surface area (TPSA) is 40.5 Å². The van der Waals surface area contributed by atoms with Crippen LogP contribution in [0.3, 0.4) is 0 Å². The summed E-state index contributed by atoms with van der Waals surface area (Å²) in [4.78, 5) is 14.8. The van der Waals surface area contributed by atoms with E-state index in [1.54, 1.807) is 0 Å². The van der Waals surface area contributed by atoms with Gasteiger partial charge in [-0.2, -0.15) is 0 Å². The van der Waals surface area contributed by atoms with Gasteiger partial charge in [0.1, 0.15) is 6.61 Å². The Morgan fingerprint density at radius 2 is 1.86 bits per heavy atom. The zero-order valence-electron chi connectivity index (χ0n) is 12.2. The largest absolute Gasteiger partial charge is 0.384 e. The van der Waals surface area contributed by atoms with E-state index in [1.165, 1.54) is 25.7 Å². The van der Waals surface area contributed by atoms with Crippen LogP contribution in [-0.2, 0) is 0 Å². The lowest BCUT2D eigenvalue weighted by Crippen LogP contribution is -2.34. The molecule has 3 nitrogen and oxygen atoms in total. The molecule has 3 heteroatoms. The summed E-state index contributed by atoms with van der Waals surface area (Å²) in [5.74, 6) is 7.04. The predicted molar refractivity (Wildman–Crippen MR) is 81.8 cm³/mol. The molecule has 0 atom stereocenters. The number of hydrogen-bond acceptors (Lipinski definition) is 2. The summed E-state index contributed by atoms with van der Waals surface area (Å²) in [7, 11) is 0. The number of amides is 1. The molecule has 2 fully saturated rings. The summed E-state index contributed by atoms with van der Waals surface area (Å²) in [5, 5.41) is 8.76. The second kappa shape index (κ2) is 6.32. The van der Waals surface area contributed by atoms with Gasteiger partial charge in [-0.15, -0.1) is 0 Å². The Bertz CT molecular complexity index is 562. The smallest absolute Gasteiger partial charge is 0.253 e. The number of aliphatic hydroxyl groups excluding tert-OH is 1. The highest BCUT2D eigenvalue weighted by atomic mass is 16.2. The van der Waals surface area contributed by atoms with Crippen molar-refractivity contribution in [2.24, 2.45) is 11.8 Å². The van der Waals surface area contributed by atoms with Gasteiger partial charge in [0.05, 0.1) is 0 Å². The van der Waals surface area contributed by atoms with Crippen LogP contribution in [0, 0.1) is 23.7 Å². The van der Waals surface area contributed by atoms with E-state index in [1.807, 2.05) is 29.2 Å². The Morgan fingerprint density at radius 1 is 1.19 bits per heavy atom. The molecule has 1 amide bonds. The molecule has 0 heterocycles. The molecule has 0 spiro atoms. The lowest BCUT2D eigenvalue weighted by Gasteiger charge is -2.22. The number of benzene rings is 1. The molecular weight excluding hydrogens is 262 g/mol. The zero-order valence-corrected chi connectivity index (χ0v) is 12.2. The second-order valence-electron chi connectivity index (χ2n) is 6.14. The fourth-order valence-electron chi connectivity index (χ4n) is 2.52. The van der Waals surface area contributed by atoms with E-state index in [9.17, 15) is 4.79 Å². The highest BCUT2D eigenvalue weighted by Gasteiger charge is 2.31. The number of hydrogen-bond donors (Lipinski definition) is 1. The Hall–Kier alpha value is -1.79. The van der Waals surface area contributed by atoms with Crippen LogP contribution < -0.4 is 0 Å². The highest BCUT2D eigenvalue weighted by molar-refractivity contribution is 5.94. The fraction of sp³-hybridized carbons (Fsp3) is 0.500. The van der Waals surface area contributed by atoms with Crippen molar-refractivity contribution in [3.05, 3.63) is 35.4 Å². The summed E-state index contributed by atoms with van der Waals surface area (Å²) in [6.45, 7) is 1.65. The van der Waals surface area contributed by atoms with Gasteiger partial charge < -0.3 is 10.0 Å². The van der Waals surface area contributed by atoms with Crippen molar-refractivity contribution in [2.75, 3.05) is 19.7 Å². The minimum absolute atomic E-state index is 0.126. The van der Waals surface area contributed by atoms with Gasteiger partial charge in [0.2, 0.25) is 0 Å². The van der Waals surface area contributed by atoms with Crippen molar-refractivity contribution in [1.82, 2.24) is 4.90 Å². The Balaban J connectivity index is 1.73. The first-order valence-corrected chi connectivity index (χ1v) is 7.75. The molecule has 0 aliphatic heterocycles. The average molecular weight is 283 g/mol. The van der Waals surface area contributed by atoms with Crippen LogP contribution in [0.4, 0.5) is 0 Å². The first-order chi connectivity index (χ1) is 10.3. The van der Waals surface area contributed by atoms with Gasteiger partial charge in [-0.3, -0.25) is 4.79 Å². The summed E-state index contributed by atoms with van der Waals surface area (Å²) in [5.41, 5.74) is 1.49. The Kier molecular flexibility index (Phi) is 4.26. The summed E-state index contributed by atoms with van der Waals surface area (Å²) >= 11 is 0. The minimum Gasteiger partial charge on any atom is -0.384 e. The molecule has 2 saturated carbocycles. The van der Waals surface area contributed by atoms with Crippen LogP contribution in [0.25, 0.3) is 0 Å². The summed E-state index contributed by atoms with van der Waals surface area (Å²) in [6, 6.07) is 7.42. The SMILES string of the molecule is O=C(c1cccc(C#CCO)c1)N(CC1CC1)CC1CC1. The zero-order chi connectivity index (χ0) is 14.7. The van der Waals surface area contributed by atoms with Crippen molar-refractivity contribution in [3.8, 4) is 11.8 Å².